The number of carbonyl (C=O) groups excluding carboxylic acids is 1. The van der Waals surface area contributed by atoms with Crippen LogP contribution in [0, 0.1) is 0 Å². The first-order valence-electron chi connectivity index (χ1n) is 8.04. The molecule has 5 nitrogen and oxygen atoms in total. The van der Waals surface area contributed by atoms with Gasteiger partial charge in [0.2, 0.25) is 0 Å². The third-order valence-electron chi connectivity index (χ3n) is 3.94. The zero-order valence-electron chi connectivity index (χ0n) is 13.8. The van der Waals surface area contributed by atoms with Crippen LogP contribution in [0.4, 0.5) is 4.79 Å². The van der Waals surface area contributed by atoms with Gasteiger partial charge >= 0.3 is 6.09 Å². The maximum Gasteiger partial charge on any atom is 0.413 e. The highest BCUT2D eigenvalue weighted by Gasteiger charge is 2.39. The Kier molecular flexibility index (Phi) is 4.89. The van der Waals surface area contributed by atoms with Crippen molar-refractivity contribution < 1.29 is 19.0 Å². The Morgan fingerprint density at radius 2 is 1.50 bits per heavy atom. The van der Waals surface area contributed by atoms with Crippen molar-refractivity contribution in [2.45, 2.75) is 32.3 Å². The summed E-state index contributed by atoms with van der Waals surface area (Å²) in [5, 5.41) is 0. The van der Waals surface area contributed by atoms with Crippen LogP contribution in [0.15, 0.2) is 60.7 Å². The van der Waals surface area contributed by atoms with E-state index in [0.717, 1.165) is 11.5 Å². The van der Waals surface area contributed by atoms with Crippen molar-refractivity contribution in [1.29, 1.82) is 0 Å². The highest BCUT2D eigenvalue weighted by atomic mass is 16.6. The van der Waals surface area contributed by atoms with Crippen LogP contribution in [-0.2, 0) is 4.74 Å². The molecule has 0 aliphatic carbocycles. The largest absolute Gasteiger partial charge is 0.487 e. The number of hydrogen-bond acceptors (Lipinski definition) is 4. The fraction of sp³-hybridized carbons (Fsp3) is 0.316. The molecule has 1 saturated heterocycles. The zero-order valence-corrected chi connectivity index (χ0v) is 13.8. The monoisotopic (exact) mass is 327 g/mol. The first-order valence-corrected chi connectivity index (χ1v) is 8.04. The number of para-hydroxylation sites is 2. The average Bonchev–Trinajstić information content (AvgIpc) is 2.99. The molecule has 0 saturated carbocycles. The quantitative estimate of drug-likeness (QED) is 0.812. The summed E-state index contributed by atoms with van der Waals surface area (Å²) in [4.78, 5) is 13.7. The van der Waals surface area contributed by atoms with Gasteiger partial charge < -0.3 is 14.2 Å². The predicted molar refractivity (Wildman–Crippen MR) is 90.0 cm³/mol. The molecule has 0 aromatic heterocycles. The van der Waals surface area contributed by atoms with Gasteiger partial charge in [-0.3, -0.25) is 4.90 Å². The molecule has 1 aliphatic heterocycles. The van der Waals surface area contributed by atoms with Gasteiger partial charge in [-0.25, -0.2) is 4.79 Å². The van der Waals surface area contributed by atoms with Crippen molar-refractivity contribution in [1.82, 2.24) is 4.90 Å². The van der Waals surface area contributed by atoms with Crippen LogP contribution >= 0.6 is 0 Å². The minimum Gasteiger partial charge on any atom is -0.487 e. The van der Waals surface area contributed by atoms with Crippen molar-refractivity contribution >= 4 is 6.09 Å². The van der Waals surface area contributed by atoms with Crippen molar-refractivity contribution in [3.8, 4) is 11.5 Å². The van der Waals surface area contributed by atoms with Crippen LogP contribution in [0.5, 0.6) is 11.5 Å². The van der Waals surface area contributed by atoms with E-state index in [0.29, 0.717) is 6.54 Å². The molecule has 2 aromatic rings. The van der Waals surface area contributed by atoms with Gasteiger partial charge in [0.1, 0.15) is 17.6 Å². The lowest BCUT2D eigenvalue weighted by Gasteiger charge is -2.23. The minimum absolute atomic E-state index is 0.245. The molecule has 0 spiro atoms. The lowest BCUT2D eigenvalue weighted by Crippen LogP contribution is -2.40. The number of cyclic esters (lactones) is 1. The van der Waals surface area contributed by atoms with Crippen molar-refractivity contribution in [3.05, 3.63) is 60.7 Å². The van der Waals surface area contributed by atoms with Crippen molar-refractivity contribution in [2.75, 3.05) is 6.54 Å². The summed E-state index contributed by atoms with van der Waals surface area (Å²) in [6.45, 7) is 4.16. The molecule has 3 rings (SSSR count). The molecule has 0 N–H and O–H groups in total. The molecule has 2 aromatic carbocycles. The number of benzene rings is 2. The lowest BCUT2D eigenvalue weighted by molar-refractivity contribution is 0.0569. The van der Waals surface area contributed by atoms with Crippen LogP contribution in [0.25, 0.3) is 0 Å². The van der Waals surface area contributed by atoms with Gasteiger partial charge in [0.15, 0.2) is 12.3 Å². The van der Waals surface area contributed by atoms with Crippen molar-refractivity contribution in [3.63, 3.8) is 0 Å². The fourth-order valence-corrected chi connectivity index (χ4v) is 2.59. The predicted octanol–water partition coefficient (Wildman–Crippen LogP) is 3.70. The SMILES string of the molecule is CC(Oc1ccccc1)C1CN(C(C)Oc2ccccc2)C(=O)O1. The second kappa shape index (κ2) is 7.25. The summed E-state index contributed by atoms with van der Waals surface area (Å²) >= 11 is 0. The van der Waals surface area contributed by atoms with E-state index in [-0.39, 0.29) is 18.3 Å². The highest BCUT2D eigenvalue weighted by molar-refractivity contribution is 5.70. The molecule has 126 valence electrons. The Labute approximate surface area is 141 Å². The van der Waals surface area contributed by atoms with Crippen LogP contribution in [0.3, 0.4) is 0 Å². The Bertz CT molecular complexity index is 662. The van der Waals surface area contributed by atoms with Crippen LogP contribution in [0.1, 0.15) is 13.8 Å². The van der Waals surface area contributed by atoms with E-state index in [1.807, 2.05) is 74.5 Å². The first kappa shape index (κ1) is 16.2. The van der Waals surface area contributed by atoms with Crippen LogP contribution in [-0.4, -0.2) is 36.0 Å². The van der Waals surface area contributed by atoms with Gasteiger partial charge in [-0.05, 0) is 38.1 Å². The van der Waals surface area contributed by atoms with E-state index in [9.17, 15) is 4.79 Å². The van der Waals surface area contributed by atoms with Crippen molar-refractivity contribution in [2.24, 2.45) is 0 Å². The molecule has 0 radical (unpaired) electrons. The molecular formula is C19H21NO4. The molecule has 1 heterocycles. The normalized spacial score (nSPS) is 19.5. The summed E-state index contributed by atoms with van der Waals surface area (Å²) in [7, 11) is 0. The van der Waals surface area contributed by atoms with E-state index in [1.54, 1.807) is 4.90 Å². The molecular weight excluding hydrogens is 306 g/mol. The van der Waals surface area contributed by atoms with Gasteiger partial charge in [-0.2, -0.15) is 0 Å². The second-order valence-electron chi connectivity index (χ2n) is 5.74. The van der Waals surface area contributed by atoms with Gasteiger partial charge in [-0.1, -0.05) is 36.4 Å². The summed E-state index contributed by atoms with van der Waals surface area (Å²) < 4.78 is 17.1. The zero-order chi connectivity index (χ0) is 16.9. The van der Waals surface area contributed by atoms with E-state index in [4.69, 9.17) is 14.2 Å². The van der Waals surface area contributed by atoms with Crippen LogP contribution < -0.4 is 9.47 Å². The molecule has 1 aliphatic rings. The maximum absolute atomic E-state index is 12.1. The van der Waals surface area contributed by atoms with Gasteiger partial charge in [0, 0.05) is 0 Å². The molecule has 0 bridgehead atoms. The Hall–Kier alpha value is -2.69. The molecule has 3 unspecified atom stereocenters. The Balaban J connectivity index is 1.58. The summed E-state index contributed by atoms with van der Waals surface area (Å²) in [6.07, 6.45) is -1.37. The van der Waals surface area contributed by atoms with E-state index in [1.165, 1.54) is 0 Å². The Morgan fingerprint density at radius 1 is 0.958 bits per heavy atom. The minimum atomic E-state index is -0.408. The fourth-order valence-electron chi connectivity index (χ4n) is 2.59. The first-order chi connectivity index (χ1) is 11.6. The number of carbonyl (C=O) groups is 1. The molecule has 3 atom stereocenters. The summed E-state index contributed by atoms with van der Waals surface area (Å²) in [5.41, 5.74) is 0. The Morgan fingerprint density at radius 3 is 2.08 bits per heavy atom. The standard InChI is InChI=1S/C19H21NO4/c1-14(22-16-9-5-3-6-10-16)18-13-20(19(21)24-18)15(2)23-17-11-7-4-8-12-17/h3-12,14-15,18H,13H2,1-2H3. The number of amides is 1. The van der Waals surface area contributed by atoms with Gasteiger partial charge in [0.05, 0.1) is 6.54 Å². The van der Waals surface area contributed by atoms with Gasteiger partial charge in [0.25, 0.3) is 0 Å². The summed E-state index contributed by atoms with van der Waals surface area (Å²) in [6, 6.07) is 18.9. The van der Waals surface area contributed by atoms with E-state index >= 15 is 0 Å². The molecule has 5 heteroatoms. The third kappa shape index (κ3) is 3.79. The molecule has 1 fully saturated rings. The summed E-state index contributed by atoms with van der Waals surface area (Å²) in [5.74, 6) is 1.47. The second-order valence-corrected chi connectivity index (χ2v) is 5.74. The number of rotatable bonds is 6. The topological polar surface area (TPSA) is 48.0 Å². The average molecular weight is 327 g/mol. The smallest absolute Gasteiger partial charge is 0.413 e. The van der Waals surface area contributed by atoms with E-state index < -0.39 is 6.23 Å². The lowest BCUT2D eigenvalue weighted by atomic mass is 10.2. The van der Waals surface area contributed by atoms with Gasteiger partial charge in [-0.15, -0.1) is 0 Å². The molecule has 24 heavy (non-hydrogen) atoms. The highest BCUT2D eigenvalue weighted by Crippen LogP contribution is 2.22. The van der Waals surface area contributed by atoms with Crippen LogP contribution in [0.2, 0.25) is 0 Å². The van der Waals surface area contributed by atoms with E-state index in [2.05, 4.69) is 0 Å². The number of ether oxygens (including phenoxy) is 3. The third-order valence-corrected chi connectivity index (χ3v) is 3.94. The number of hydrogen-bond donors (Lipinski definition) is 0. The number of nitrogens with zero attached hydrogens (tertiary/aromatic N) is 1. The maximum atomic E-state index is 12.1. The molecule has 1 amide bonds.